The van der Waals surface area contributed by atoms with Crippen LogP contribution < -0.4 is 9.47 Å². The maximum Gasteiger partial charge on any atom is 0.157 e. The van der Waals surface area contributed by atoms with Crippen LogP contribution in [0.2, 0.25) is 0 Å². The Labute approximate surface area is 141 Å². The summed E-state index contributed by atoms with van der Waals surface area (Å²) in [5.74, 6) is 1.05. The van der Waals surface area contributed by atoms with Gasteiger partial charge in [0.25, 0.3) is 0 Å². The quantitative estimate of drug-likeness (QED) is 0.470. The fourth-order valence-electron chi connectivity index (χ4n) is 2.50. The molecule has 22 heavy (non-hydrogen) atoms. The van der Waals surface area contributed by atoms with E-state index in [1.54, 1.807) is 19.4 Å². The normalized spacial score (nSPS) is 10.7. The molecule has 1 heterocycles. The molecule has 3 aromatic rings. The van der Waals surface area contributed by atoms with E-state index in [1.165, 1.54) is 7.11 Å². The summed E-state index contributed by atoms with van der Waals surface area (Å²) in [6, 6.07) is 9.68. The van der Waals surface area contributed by atoms with E-state index >= 15 is 0 Å². The van der Waals surface area contributed by atoms with Crippen molar-refractivity contribution in [1.82, 2.24) is 0 Å². The summed E-state index contributed by atoms with van der Waals surface area (Å²) in [4.78, 5) is 11.4. The molecule has 0 atom stereocenters. The zero-order valence-electron chi connectivity index (χ0n) is 12.1. The Hall–Kier alpha value is -2.02. The van der Waals surface area contributed by atoms with E-state index in [1.807, 2.05) is 24.3 Å². The van der Waals surface area contributed by atoms with Crippen molar-refractivity contribution in [3.63, 3.8) is 0 Å². The van der Waals surface area contributed by atoms with E-state index in [2.05, 4.69) is 22.6 Å². The molecule has 0 bridgehead atoms. The molecular weight excluding hydrogens is 395 g/mol. The highest BCUT2D eigenvalue weighted by atomic mass is 127. The van der Waals surface area contributed by atoms with Crippen LogP contribution in [0, 0.1) is 3.57 Å². The Bertz CT molecular complexity index is 851. The minimum Gasteiger partial charge on any atom is -0.496 e. The number of methoxy groups -OCH3 is 2. The van der Waals surface area contributed by atoms with E-state index in [0.29, 0.717) is 22.6 Å². The molecule has 3 rings (SSSR count). The van der Waals surface area contributed by atoms with Crippen LogP contribution in [0.1, 0.15) is 10.4 Å². The Balaban J connectivity index is 2.40. The molecule has 4 nitrogen and oxygen atoms in total. The molecular formula is C17H13IO4. The molecule has 0 aliphatic carbocycles. The minimum atomic E-state index is 0.385. The van der Waals surface area contributed by atoms with Crippen LogP contribution in [-0.2, 0) is 0 Å². The molecule has 0 aliphatic heterocycles. The van der Waals surface area contributed by atoms with E-state index in [9.17, 15) is 4.79 Å². The lowest BCUT2D eigenvalue weighted by atomic mass is 10.0. The Morgan fingerprint density at radius 2 is 1.82 bits per heavy atom. The van der Waals surface area contributed by atoms with Gasteiger partial charge in [-0.3, -0.25) is 4.79 Å². The smallest absolute Gasteiger partial charge is 0.157 e. The fourth-order valence-corrected chi connectivity index (χ4v) is 3.18. The maximum atomic E-state index is 11.4. The molecule has 0 fully saturated rings. The fraction of sp³-hybridized carbons (Fsp3) is 0.118. The van der Waals surface area contributed by atoms with Crippen molar-refractivity contribution >= 4 is 39.8 Å². The van der Waals surface area contributed by atoms with Crippen LogP contribution in [0.15, 0.2) is 41.0 Å². The highest BCUT2D eigenvalue weighted by Gasteiger charge is 2.21. The van der Waals surface area contributed by atoms with Crippen LogP contribution in [0.3, 0.4) is 0 Å². The largest absolute Gasteiger partial charge is 0.496 e. The van der Waals surface area contributed by atoms with Crippen LogP contribution in [0.25, 0.3) is 22.1 Å². The first-order chi connectivity index (χ1) is 10.7. The average Bonchev–Trinajstić information content (AvgIpc) is 2.98. The van der Waals surface area contributed by atoms with Gasteiger partial charge in [0.1, 0.15) is 11.5 Å². The van der Waals surface area contributed by atoms with Gasteiger partial charge in [0.05, 0.1) is 31.4 Å². The zero-order chi connectivity index (χ0) is 15.7. The molecule has 0 amide bonds. The van der Waals surface area contributed by atoms with Crippen LogP contribution in [-0.4, -0.2) is 20.5 Å². The van der Waals surface area contributed by atoms with Crippen molar-refractivity contribution < 1.29 is 18.7 Å². The van der Waals surface area contributed by atoms with Gasteiger partial charge in [-0.15, -0.1) is 0 Å². The first kappa shape index (κ1) is 14.9. The highest BCUT2D eigenvalue weighted by Crippen LogP contribution is 2.42. The third kappa shape index (κ3) is 2.25. The molecule has 0 unspecified atom stereocenters. The van der Waals surface area contributed by atoms with E-state index < -0.39 is 0 Å². The molecule has 5 heteroatoms. The summed E-state index contributed by atoms with van der Waals surface area (Å²) in [6.07, 6.45) is 2.39. The minimum absolute atomic E-state index is 0.385. The van der Waals surface area contributed by atoms with Gasteiger partial charge < -0.3 is 13.9 Å². The number of benzene rings is 2. The van der Waals surface area contributed by atoms with Gasteiger partial charge in [0.15, 0.2) is 11.9 Å². The molecule has 0 saturated carbocycles. The van der Waals surface area contributed by atoms with Crippen molar-refractivity contribution in [2.75, 3.05) is 14.2 Å². The maximum absolute atomic E-state index is 11.4. The second kappa shape index (κ2) is 6.00. The standard InChI is InChI=1S/C17H13IO4/c1-20-14-7-15(21-2)16-12(9-22-17(16)11(14)8-19)10-5-3-4-6-13(10)18/h3-9H,1-2H3. The SMILES string of the molecule is COc1cc(OC)c2c(-c3ccccc3I)coc2c1C=O. The van der Waals surface area contributed by atoms with E-state index in [-0.39, 0.29) is 0 Å². The second-order valence-electron chi connectivity index (χ2n) is 4.65. The van der Waals surface area contributed by atoms with Gasteiger partial charge in [-0.1, -0.05) is 18.2 Å². The van der Waals surface area contributed by atoms with Crippen LogP contribution in [0.4, 0.5) is 0 Å². The lowest BCUT2D eigenvalue weighted by molar-refractivity contribution is 0.112. The molecule has 0 spiro atoms. The molecule has 0 N–H and O–H groups in total. The summed E-state index contributed by atoms with van der Waals surface area (Å²) in [7, 11) is 3.10. The molecule has 112 valence electrons. The predicted molar refractivity (Wildman–Crippen MR) is 92.9 cm³/mol. The summed E-state index contributed by atoms with van der Waals surface area (Å²) >= 11 is 2.27. The Morgan fingerprint density at radius 3 is 2.45 bits per heavy atom. The Morgan fingerprint density at radius 1 is 1.09 bits per heavy atom. The summed E-state index contributed by atoms with van der Waals surface area (Å²) in [5, 5.41) is 0.773. The first-order valence-corrected chi connectivity index (χ1v) is 7.65. The number of furan rings is 1. The molecule has 2 aromatic carbocycles. The average molecular weight is 408 g/mol. The highest BCUT2D eigenvalue weighted by molar-refractivity contribution is 14.1. The van der Waals surface area contributed by atoms with Gasteiger partial charge in [-0.2, -0.15) is 0 Å². The molecule has 1 aromatic heterocycles. The number of rotatable bonds is 4. The summed E-state index contributed by atoms with van der Waals surface area (Å²) < 4.78 is 17.5. The number of aldehydes is 1. The third-order valence-corrected chi connectivity index (χ3v) is 4.47. The molecule has 0 saturated heterocycles. The summed E-state index contributed by atoms with van der Waals surface area (Å²) in [5.41, 5.74) is 2.78. The third-order valence-electron chi connectivity index (χ3n) is 3.53. The number of hydrogen-bond donors (Lipinski definition) is 0. The van der Waals surface area contributed by atoms with Crippen LogP contribution >= 0.6 is 22.6 Å². The summed E-state index contributed by atoms with van der Waals surface area (Å²) in [6.45, 7) is 0. The number of ether oxygens (including phenoxy) is 2. The first-order valence-electron chi connectivity index (χ1n) is 6.57. The molecule has 0 aliphatic rings. The lowest BCUT2D eigenvalue weighted by Gasteiger charge is -2.10. The van der Waals surface area contributed by atoms with Gasteiger partial charge in [0, 0.05) is 15.2 Å². The zero-order valence-corrected chi connectivity index (χ0v) is 14.2. The van der Waals surface area contributed by atoms with Crippen molar-refractivity contribution in [3.8, 4) is 22.6 Å². The monoisotopic (exact) mass is 408 g/mol. The van der Waals surface area contributed by atoms with E-state index in [0.717, 1.165) is 26.4 Å². The van der Waals surface area contributed by atoms with Crippen LogP contribution in [0.5, 0.6) is 11.5 Å². The number of carbonyl (C=O) groups excluding carboxylic acids is 1. The number of fused-ring (bicyclic) bond motifs is 1. The topological polar surface area (TPSA) is 48.7 Å². The molecule has 0 radical (unpaired) electrons. The predicted octanol–water partition coefficient (Wildman–Crippen LogP) is 4.53. The van der Waals surface area contributed by atoms with Gasteiger partial charge in [0.2, 0.25) is 0 Å². The van der Waals surface area contributed by atoms with Crippen molar-refractivity contribution in [1.29, 1.82) is 0 Å². The second-order valence-corrected chi connectivity index (χ2v) is 5.81. The van der Waals surface area contributed by atoms with Gasteiger partial charge in [-0.25, -0.2) is 0 Å². The Kier molecular flexibility index (Phi) is 4.06. The van der Waals surface area contributed by atoms with E-state index in [4.69, 9.17) is 13.9 Å². The van der Waals surface area contributed by atoms with Gasteiger partial charge in [-0.05, 0) is 34.2 Å². The van der Waals surface area contributed by atoms with Gasteiger partial charge >= 0.3 is 0 Å². The van der Waals surface area contributed by atoms with Crippen molar-refractivity contribution in [2.45, 2.75) is 0 Å². The number of halogens is 1. The number of carbonyl (C=O) groups is 1. The van der Waals surface area contributed by atoms with Crippen molar-refractivity contribution in [3.05, 3.63) is 45.7 Å². The van der Waals surface area contributed by atoms with Crippen molar-refractivity contribution in [2.24, 2.45) is 0 Å². The lowest BCUT2D eigenvalue weighted by Crippen LogP contribution is -1.94. The number of hydrogen-bond acceptors (Lipinski definition) is 4.